The van der Waals surface area contributed by atoms with Gasteiger partial charge in [0.25, 0.3) is 5.95 Å². The van der Waals surface area contributed by atoms with Crippen LogP contribution in [0.15, 0.2) is 22.6 Å². The Labute approximate surface area is 79.9 Å². The Balaban J connectivity index is 2.91. The summed E-state index contributed by atoms with van der Waals surface area (Å²) in [6, 6.07) is 6.95. The van der Waals surface area contributed by atoms with Crippen molar-refractivity contribution in [2.45, 2.75) is 0 Å². The highest BCUT2D eigenvalue weighted by atomic mass is 16.5. The summed E-state index contributed by atoms with van der Waals surface area (Å²) in [5.74, 6) is 0.327. The predicted octanol–water partition coefficient (Wildman–Crippen LogP) is 2.02. The van der Waals surface area contributed by atoms with Crippen molar-refractivity contribution in [1.29, 1.82) is 5.26 Å². The molecule has 0 unspecified atom stereocenters. The lowest BCUT2D eigenvalue weighted by Crippen LogP contribution is -1.83. The largest absolute Gasteiger partial charge is 0.496 e. The second-order valence-corrected chi connectivity index (χ2v) is 2.73. The molecule has 0 saturated carbocycles. The van der Waals surface area contributed by atoms with Gasteiger partial charge in [0.2, 0.25) is 5.76 Å². The van der Waals surface area contributed by atoms with E-state index in [9.17, 15) is 5.11 Å². The minimum atomic E-state index is -0.254. The summed E-state index contributed by atoms with van der Waals surface area (Å²) in [4.78, 5) is 0. The molecule has 0 fully saturated rings. The number of nitriles is 1. The molecule has 1 N–H and O–H groups in total. The van der Waals surface area contributed by atoms with Gasteiger partial charge < -0.3 is 14.3 Å². The van der Waals surface area contributed by atoms with Crippen molar-refractivity contribution in [3.8, 4) is 17.8 Å². The summed E-state index contributed by atoms with van der Waals surface area (Å²) < 4.78 is 9.93. The lowest BCUT2D eigenvalue weighted by atomic mass is 10.1. The van der Waals surface area contributed by atoms with Gasteiger partial charge in [-0.25, -0.2) is 0 Å². The lowest BCUT2D eigenvalue weighted by molar-refractivity contribution is 0.334. The van der Waals surface area contributed by atoms with Crippen LogP contribution in [0.3, 0.4) is 0 Å². The molecule has 0 atom stereocenters. The first-order valence-corrected chi connectivity index (χ1v) is 3.96. The molecule has 0 radical (unpaired) electrons. The number of aromatic hydroxyl groups is 1. The van der Waals surface area contributed by atoms with Crippen molar-refractivity contribution >= 4 is 10.8 Å². The molecule has 0 saturated heterocycles. The molecular formula is C10H7NO3. The van der Waals surface area contributed by atoms with E-state index in [0.29, 0.717) is 16.5 Å². The maximum absolute atomic E-state index is 9.37. The van der Waals surface area contributed by atoms with Crippen LogP contribution in [0.2, 0.25) is 0 Å². The predicted molar refractivity (Wildman–Crippen MR) is 49.1 cm³/mol. The van der Waals surface area contributed by atoms with E-state index in [1.807, 2.05) is 6.07 Å². The van der Waals surface area contributed by atoms with Crippen LogP contribution in [-0.2, 0) is 0 Å². The van der Waals surface area contributed by atoms with Crippen molar-refractivity contribution in [2.24, 2.45) is 0 Å². The third kappa shape index (κ3) is 0.995. The summed E-state index contributed by atoms with van der Waals surface area (Å²) in [7, 11) is 1.50. The van der Waals surface area contributed by atoms with E-state index in [1.54, 1.807) is 18.2 Å². The minimum absolute atomic E-state index is 0.0648. The first-order valence-electron chi connectivity index (χ1n) is 3.96. The molecule has 14 heavy (non-hydrogen) atoms. The van der Waals surface area contributed by atoms with Gasteiger partial charge in [-0.3, -0.25) is 0 Å². The molecule has 0 aliphatic carbocycles. The molecule has 4 nitrogen and oxygen atoms in total. The summed E-state index contributed by atoms with van der Waals surface area (Å²) in [6.07, 6.45) is 0. The Morgan fingerprint density at radius 3 is 2.93 bits per heavy atom. The van der Waals surface area contributed by atoms with Gasteiger partial charge in [0.1, 0.15) is 11.8 Å². The second-order valence-electron chi connectivity index (χ2n) is 2.73. The fraction of sp³-hybridized carbons (Fsp3) is 0.100. The maximum Gasteiger partial charge on any atom is 0.291 e. The molecule has 0 spiro atoms. The molecule has 0 aliphatic rings. The van der Waals surface area contributed by atoms with E-state index in [-0.39, 0.29) is 11.7 Å². The summed E-state index contributed by atoms with van der Waals surface area (Å²) in [5, 5.41) is 19.1. The van der Waals surface area contributed by atoms with E-state index in [2.05, 4.69) is 0 Å². The van der Waals surface area contributed by atoms with Gasteiger partial charge in [-0.2, -0.15) is 5.26 Å². The molecule has 1 aromatic heterocycles. The number of nitrogens with zero attached hydrogens (tertiary/aromatic N) is 1. The SMILES string of the molecule is COc1cccc2c(O)oc(C#N)c12. The van der Waals surface area contributed by atoms with E-state index >= 15 is 0 Å². The number of benzene rings is 1. The smallest absolute Gasteiger partial charge is 0.291 e. The van der Waals surface area contributed by atoms with Crippen molar-refractivity contribution in [1.82, 2.24) is 0 Å². The van der Waals surface area contributed by atoms with Crippen LogP contribution in [0.1, 0.15) is 5.76 Å². The van der Waals surface area contributed by atoms with E-state index in [4.69, 9.17) is 14.4 Å². The van der Waals surface area contributed by atoms with Crippen LogP contribution in [0.25, 0.3) is 10.8 Å². The van der Waals surface area contributed by atoms with Crippen LogP contribution < -0.4 is 4.74 Å². The molecule has 0 amide bonds. The van der Waals surface area contributed by atoms with Gasteiger partial charge in [0.15, 0.2) is 0 Å². The number of hydrogen-bond donors (Lipinski definition) is 1. The van der Waals surface area contributed by atoms with Crippen molar-refractivity contribution < 1.29 is 14.3 Å². The fourth-order valence-corrected chi connectivity index (χ4v) is 1.40. The zero-order chi connectivity index (χ0) is 10.1. The Kier molecular flexibility index (Phi) is 1.79. The van der Waals surface area contributed by atoms with Gasteiger partial charge in [0.05, 0.1) is 17.9 Å². The number of rotatable bonds is 1. The molecule has 0 bridgehead atoms. The third-order valence-electron chi connectivity index (χ3n) is 2.00. The van der Waals surface area contributed by atoms with E-state index < -0.39 is 0 Å². The number of hydrogen-bond acceptors (Lipinski definition) is 4. The van der Waals surface area contributed by atoms with Crippen molar-refractivity contribution in [3.05, 3.63) is 24.0 Å². The molecule has 70 valence electrons. The maximum atomic E-state index is 9.37. The summed E-state index contributed by atoms with van der Waals surface area (Å²) in [6.45, 7) is 0. The molecule has 1 aromatic carbocycles. The number of methoxy groups -OCH3 is 1. The summed E-state index contributed by atoms with van der Waals surface area (Å²) in [5.41, 5.74) is 0. The standard InChI is InChI=1S/C10H7NO3/c1-13-7-4-2-3-6-9(7)8(5-11)14-10(6)12/h2-4,12H,1H3. The number of ether oxygens (including phenoxy) is 1. The average molecular weight is 189 g/mol. The molecule has 1 heterocycles. The molecule has 2 aromatic rings. The number of fused-ring (bicyclic) bond motifs is 1. The van der Waals surface area contributed by atoms with Crippen LogP contribution in [0, 0.1) is 11.3 Å². The highest BCUT2D eigenvalue weighted by Crippen LogP contribution is 2.36. The molecule has 0 aliphatic heterocycles. The Bertz CT molecular complexity index is 522. The Morgan fingerprint density at radius 2 is 2.29 bits per heavy atom. The highest BCUT2D eigenvalue weighted by Gasteiger charge is 2.15. The average Bonchev–Trinajstić information content (AvgIpc) is 2.56. The molecule has 2 rings (SSSR count). The first kappa shape index (κ1) is 8.45. The fourth-order valence-electron chi connectivity index (χ4n) is 1.40. The monoisotopic (exact) mass is 189 g/mol. The highest BCUT2D eigenvalue weighted by molar-refractivity contribution is 5.95. The third-order valence-corrected chi connectivity index (χ3v) is 2.00. The van der Waals surface area contributed by atoms with Crippen LogP contribution in [0.4, 0.5) is 0 Å². The minimum Gasteiger partial charge on any atom is -0.496 e. The van der Waals surface area contributed by atoms with Gasteiger partial charge in [-0.1, -0.05) is 6.07 Å². The van der Waals surface area contributed by atoms with Gasteiger partial charge in [0, 0.05) is 0 Å². The van der Waals surface area contributed by atoms with Crippen molar-refractivity contribution in [2.75, 3.05) is 7.11 Å². The van der Waals surface area contributed by atoms with Gasteiger partial charge >= 0.3 is 0 Å². The second kappa shape index (κ2) is 2.96. The van der Waals surface area contributed by atoms with Gasteiger partial charge in [-0.15, -0.1) is 0 Å². The topological polar surface area (TPSA) is 66.4 Å². The van der Waals surface area contributed by atoms with Crippen LogP contribution in [-0.4, -0.2) is 12.2 Å². The van der Waals surface area contributed by atoms with Gasteiger partial charge in [-0.05, 0) is 12.1 Å². The zero-order valence-electron chi connectivity index (χ0n) is 7.44. The normalized spacial score (nSPS) is 10.0. The molecular weight excluding hydrogens is 182 g/mol. The Morgan fingerprint density at radius 1 is 1.50 bits per heavy atom. The quantitative estimate of drug-likeness (QED) is 0.745. The van der Waals surface area contributed by atoms with Crippen LogP contribution >= 0.6 is 0 Å². The zero-order valence-corrected chi connectivity index (χ0v) is 7.44. The first-order chi connectivity index (χ1) is 6.77. The Hall–Kier alpha value is -2.15. The van der Waals surface area contributed by atoms with Crippen LogP contribution in [0.5, 0.6) is 11.7 Å². The lowest BCUT2D eigenvalue weighted by Gasteiger charge is -1.99. The van der Waals surface area contributed by atoms with E-state index in [1.165, 1.54) is 7.11 Å². The number of furan rings is 1. The van der Waals surface area contributed by atoms with Crippen molar-refractivity contribution in [3.63, 3.8) is 0 Å². The summed E-state index contributed by atoms with van der Waals surface area (Å²) >= 11 is 0. The van der Waals surface area contributed by atoms with E-state index in [0.717, 1.165) is 0 Å². The molecule has 4 heteroatoms.